The molecule has 4 aromatic rings. The zero-order chi connectivity index (χ0) is 19.7. The van der Waals surface area contributed by atoms with Gasteiger partial charge in [0, 0.05) is 24.0 Å². The predicted molar refractivity (Wildman–Crippen MR) is 98.3 cm³/mol. The number of aromatic nitrogens is 3. The van der Waals surface area contributed by atoms with E-state index in [9.17, 15) is 14.9 Å². The van der Waals surface area contributed by atoms with Crippen molar-refractivity contribution >= 4 is 23.3 Å². The minimum atomic E-state index is -0.713. The maximum absolute atomic E-state index is 12.1. The molecule has 0 saturated carbocycles. The van der Waals surface area contributed by atoms with Gasteiger partial charge in [-0.2, -0.15) is 0 Å². The van der Waals surface area contributed by atoms with Crippen LogP contribution in [-0.4, -0.2) is 32.3 Å². The predicted octanol–water partition coefficient (Wildman–Crippen LogP) is 3.16. The van der Waals surface area contributed by atoms with Gasteiger partial charge in [-0.1, -0.05) is 0 Å². The van der Waals surface area contributed by atoms with Gasteiger partial charge in [-0.3, -0.25) is 19.3 Å². The molecular formula is C18H13N5O5. The molecule has 4 aromatic heterocycles. The highest BCUT2D eigenvalue weighted by Gasteiger charge is 2.17. The van der Waals surface area contributed by atoms with Gasteiger partial charge in [0.05, 0.1) is 25.1 Å². The topological polar surface area (TPSA) is 125 Å². The number of carbonyl (C=O) groups excluding carboxylic acids is 1. The minimum absolute atomic E-state index is 0.173. The van der Waals surface area contributed by atoms with Crippen molar-refractivity contribution < 1.29 is 18.9 Å². The first-order valence-electron chi connectivity index (χ1n) is 8.08. The molecule has 0 unspecified atom stereocenters. The van der Waals surface area contributed by atoms with Gasteiger partial charge in [-0.05, 0) is 24.3 Å². The van der Waals surface area contributed by atoms with Gasteiger partial charge in [0.1, 0.15) is 22.1 Å². The number of fused-ring (bicyclic) bond motifs is 1. The van der Waals surface area contributed by atoms with Gasteiger partial charge in [-0.25, -0.2) is 9.97 Å². The largest absolute Gasteiger partial charge is 0.497 e. The maximum Gasteiger partial charge on any atom is 0.433 e. The van der Waals surface area contributed by atoms with Gasteiger partial charge in [0.25, 0.3) is 5.91 Å². The van der Waals surface area contributed by atoms with E-state index >= 15 is 0 Å². The highest BCUT2D eigenvalue weighted by Crippen LogP contribution is 2.24. The molecule has 10 heteroatoms. The summed E-state index contributed by atoms with van der Waals surface area (Å²) in [6, 6.07) is 9.38. The van der Waals surface area contributed by atoms with E-state index in [-0.39, 0.29) is 11.6 Å². The third-order valence-electron chi connectivity index (χ3n) is 4.02. The summed E-state index contributed by atoms with van der Waals surface area (Å²) in [6.07, 6.45) is 5.15. The molecule has 28 heavy (non-hydrogen) atoms. The normalized spacial score (nSPS) is 10.8. The lowest BCUT2D eigenvalue weighted by Crippen LogP contribution is -2.11. The molecule has 0 aliphatic rings. The molecule has 0 saturated heterocycles. The van der Waals surface area contributed by atoms with Crippen LogP contribution in [0.5, 0.6) is 5.75 Å². The number of nitro groups is 1. The van der Waals surface area contributed by atoms with E-state index in [0.29, 0.717) is 5.75 Å². The number of nitrogens with zero attached hydrogens (tertiary/aromatic N) is 4. The van der Waals surface area contributed by atoms with Crippen molar-refractivity contribution in [1.29, 1.82) is 0 Å². The van der Waals surface area contributed by atoms with Gasteiger partial charge in [0.15, 0.2) is 5.76 Å². The van der Waals surface area contributed by atoms with E-state index in [4.69, 9.17) is 9.15 Å². The Kier molecular flexibility index (Phi) is 4.20. The fraction of sp³-hybridized carbons (Fsp3) is 0.0556. The number of nitrogens with one attached hydrogen (secondary N) is 1. The number of anilines is 1. The van der Waals surface area contributed by atoms with Gasteiger partial charge in [0.2, 0.25) is 0 Å². The standard InChI is InChI=1S/C18H13N5O5/c1-27-12-6-7-22-13(10-20-16(22)8-12)11-2-4-15(19-9-11)21-18(24)14-3-5-17(28-14)23(25)26/h2-10H,1H3,(H,19,21,24). The van der Waals surface area contributed by atoms with Crippen LogP contribution in [0.4, 0.5) is 11.7 Å². The highest BCUT2D eigenvalue weighted by molar-refractivity contribution is 6.01. The van der Waals surface area contributed by atoms with Crippen LogP contribution in [0, 0.1) is 10.1 Å². The van der Waals surface area contributed by atoms with Crippen LogP contribution in [0.2, 0.25) is 0 Å². The molecule has 1 N–H and O–H groups in total. The molecular weight excluding hydrogens is 366 g/mol. The minimum Gasteiger partial charge on any atom is -0.497 e. The number of amides is 1. The van der Waals surface area contributed by atoms with E-state index in [1.165, 1.54) is 6.07 Å². The van der Waals surface area contributed by atoms with Crippen molar-refractivity contribution in [3.05, 3.63) is 70.9 Å². The third kappa shape index (κ3) is 3.14. The van der Waals surface area contributed by atoms with E-state index in [0.717, 1.165) is 23.0 Å². The Morgan fingerprint density at radius 2 is 2.07 bits per heavy atom. The quantitative estimate of drug-likeness (QED) is 0.417. The molecule has 4 heterocycles. The van der Waals surface area contributed by atoms with Crippen molar-refractivity contribution in [3.63, 3.8) is 0 Å². The van der Waals surface area contributed by atoms with E-state index in [1.807, 2.05) is 22.7 Å². The lowest BCUT2D eigenvalue weighted by atomic mass is 10.2. The zero-order valence-corrected chi connectivity index (χ0v) is 14.5. The SMILES string of the molecule is COc1ccn2c(-c3ccc(NC(=O)c4ccc([N+](=O)[O-])o4)nc3)cnc2c1. The first-order chi connectivity index (χ1) is 13.5. The first-order valence-corrected chi connectivity index (χ1v) is 8.08. The number of pyridine rings is 2. The van der Waals surface area contributed by atoms with Crippen molar-refractivity contribution in [3.8, 4) is 17.0 Å². The number of ether oxygens (including phenoxy) is 1. The third-order valence-corrected chi connectivity index (χ3v) is 4.02. The number of carbonyl (C=O) groups is 1. The zero-order valence-electron chi connectivity index (χ0n) is 14.5. The fourth-order valence-corrected chi connectivity index (χ4v) is 2.65. The van der Waals surface area contributed by atoms with Crippen molar-refractivity contribution in [2.45, 2.75) is 0 Å². The van der Waals surface area contributed by atoms with E-state index in [2.05, 4.69) is 15.3 Å². The number of hydrogen-bond donors (Lipinski definition) is 1. The first kappa shape index (κ1) is 17.2. The summed E-state index contributed by atoms with van der Waals surface area (Å²) in [6.45, 7) is 0. The van der Waals surface area contributed by atoms with Crippen LogP contribution in [0.25, 0.3) is 16.9 Å². The summed E-state index contributed by atoms with van der Waals surface area (Å²) >= 11 is 0. The Labute approximate surface area is 157 Å². The molecule has 0 fully saturated rings. The molecule has 1 amide bonds. The lowest BCUT2D eigenvalue weighted by molar-refractivity contribution is -0.402. The van der Waals surface area contributed by atoms with Gasteiger partial charge >= 0.3 is 5.88 Å². The maximum atomic E-state index is 12.1. The molecule has 140 valence electrons. The van der Waals surface area contributed by atoms with E-state index in [1.54, 1.807) is 31.6 Å². The van der Waals surface area contributed by atoms with Crippen molar-refractivity contribution in [2.24, 2.45) is 0 Å². The average molecular weight is 379 g/mol. The Morgan fingerprint density at radius 3 is 2.75 bits per heavy atom. The molecule has 10 nitrogen and oxygen atoms in total. The second kappa shape index (κ2) is 6.83. The second-order valence-electron chi connectivity index (χ2n) is 5.72. The summed E-state index contributed by atoms with van der Waals surface area (Å²) < 4.78 is 11.9. The van der Waals surface area contributed by atoms with Crippen LogP contribution < -0.4 is 10.1 Å². The fourth-order valence-electron chi connectivity index (χ4n) is 2.65. The van der Waals surface area contributed by atoms with Crippen LogP contribution in [0.1, 0.15) is 10.6 Å². The van der Waals surface area contributed by atoms with Crippen molar-refractivity contribution in [2.75, 3.05) is 12.4 Å². The summed E-state index contributed by atoms with van der Waals surface area (Å²) in [7, 11) is 1.59. The van der Waals surface area contributed by atoms with Crippen LogP contribution in [0.3, 0.4) is 0 Å². The van der Waals surface area contributed by atoms with Gasteiger partial charge in [-0.15, -0.1) is 0 Å². The van der Waals surface area contributed by atoms with Crippen LogP contribution in [-0.2, 0) is 0 Å². The van der Waals surface area contributed by atoms with E-state index < -0.39 is 16.7 Å². The molecule has 0 aliphatic heterocycles. The number of hydrogen-bond acceptors (Lipinski definition) is 7. The average Bonchev–Trinajstić information content (AvgIpc) is 3.35. The number of rotatable bonds is 5. The summed E-state index contributed by atoms with van der Waals surface area (Å²) in [5.41, 5.74) is 2.35. The highest BCUT2D eigenvalue weighted by atomic mass is 16.6. The Hall–Kier alpha value is -4.21. The molecule has 0 radical (unpaired) electrons. The summed E-state index contributed by atoms with van der Waals surface area (Å²) in [5, 5.41) is 13.2. The summed E-state index contributed by atoms with van der Waals surface area (Å²) in [5.74, 6) is -0.316. The molecule has 0 aliphatic carbocycles. The number of furan rings is 1. The monoisotopic (exact) mass is 379 g/mol. The Bertz CT molecular complexity index is 1180. The summed E-state index contributed by atoms with van der Waals surface area (Å²) in [4.78, 5) is 30.6. The molecule has 0 bridgehead atoms. The van der Waals surface area contributed by atoms with Gasteiger partial charge < -0.3 is 14.5 Å². The molecule has 0 spiro atoms. The molecule has 0 aromatic carbocycles. The molecule has 4 rings (SSSR count). The number of imidazole rings is 1. The smallest absolute Gasteiger partial charge is 0.433 e. The lowest BCUT2D eigenvalue weighted by Gasteiger charge is -2.05. The molecule has 0 atom stereocenters. The van der Waals surface area contributed by atoms with Crippen molar-refractivity contribution in [1.82, 2.24) is 14.4 Å². The Balaban J connectivity index is 1.54. The van der Waals surface area contributed by atoms with Crippen LogP contribution in [0.15, 0.2) is 59.4 Å². The van der Waals surface area contributed by atoms with Crippen LogP contribution >= 0.6 is 0 Å². The number of methoxy groups -OCH3 is 1. The second-order valence-corrected chi connectivity index (χ2v) is 5.72. The Morgan fingerprint density at radius 1 is 1.21 bits per heavy atom.